The van der Waals surface area contributed by atoms with Crippen molar-refractivity contribution in [1.82, 2.24) is 4.31 Å². The van der Waals surface area contributed by atoms with E-state index in [1.54, 1.807) is 31.2 Å². The minimum atomic E-state index is -3.60. The Kier molecular flexibility index (Phi) is 7.09. The number of hydrogen-bond acceptors (Lipinski definition) is 4. The molecule has 0 fully saturated rings. The Morgan fingerprint density at radius 3 is 2.46 bits per heavy atom. The Hall–Kier alpha value is -2.09. The predicted molar refractivity (Wildman–Crippen MR) is 112 cm³/mol. The third kappa shape index (κ3) is 5.04. The number of aryl methyl sites for hydroxylation is 2. The van der Waals surface area contributed by atoms with Crippen molar-refractivity contribution >= 4 is 33.2 Å². The first-order valence-corrected chi connectivity index (χ1v) is 10.6. The fourth-order valence-corrected chi connectivity index (χ4v) is 3.83. The summed E-state index contributed by atoms with van der Waals surface area (Å²) in [6, 6.07) is 8.30. The molecule has 0 heterocycles. The molecule has 0 bridgehead atoms. The second kappa shape index (κ2) is 8.94. The number of nitrogens with one attached hydrogen (secondary N) is 1. The molecule has 6 nitrogen and oxygen atoms in total. The summed E-state index contributed by atoms with van der Waals surface area (Å²) in [6.07, 6.45) is 0.758. The van der Waals surface area contributed by atoms with E-state index in [2.05, 4.69) is 5.32 Å². The predicted octanol–water partition coefficient (Wildman–Crippen LogP) is 3.79. The lowest BCUT2D eigenvalue weighted by molar-refractivity contribution is -0.118. The molecule has 8 heteroatoms. The van der Waals surface area contributed by atoms with Crippen molar-refractivity contribution in [2.24, 2.45) is 0 Å². The molecule has 0 saturated carbocycles. The Labute approximate surface area is 171 Å². The Morgan fingerprint density at radius 1 is 1.18 bits per heavy atom. The molecule has 0 aromatic heterocycles. The molecule has 0 radical (unpaired) electrons. The van der Waals surface area contributed by atoms with Crippen LogP contribution in [-0.4, -0.2) is 39.3 Å². The van der Waals surface area contributed by atoms with Gasteiger partial charge in [-0.25, -0.2) is 12.7 Å². The van der Waals surface area contributed by atoms with Crippen LogP contribution in [0.4, 0.5) is 5.69 Å². The van der Waals surface area contributed by atoms with Gasteiger partial charge in [0.1, 0.15) is 5.75 Å². The van der Waals surface area contributed by atoms with E-state index in [4.69, 9.17) is 16.3 Å². The highest BCUT2D eigenvalue weighted by Crippen LogP contribution is 2.26. The van der Waals surface area contributed by atoms with Crippen LogP contribution in [0.25, 0.3) is 0 Å². The van der Waals surface area contributed by atoms with Gasteiger partial charge in [-0.1, -0.05) is 18.5 Å². The fraction of sp³-hybridized carbons (Fsp3) is 0.350. The topological polar surface area (TPSA) is 75.7 Å². The fourth-order valence-electron chi connectivity index (χ4n) is 2.56. The van der Waals surface area contributed by atoms with Gasteiger partial charge in [0.05, 0.1) is 4.90 Å². The highest BCUT2D eigenvalue weighted by Gasteiger charge is 2.20. The highest BCUT2D eigenvalue weighted by atomic mass is 35.5. The maximum Gasteiger partial charge on any atom is 0.262 e. The van der Waals surface area contributed by atoms with E-state index >= 15 is 0 Å². The van der Waals surface area contributed by atoms with Crippen LogP contribution < -0.4 is 10.1 Å². The average Bonchev–Trinajstić information content (AvgIpc) is 2.64. The maximum absolute atomic E-state index is 12.4. The van der Waals surface area contributed by atoms with Gasteiger partial charge in [0.15, 0.2) is 6.61 Å². The van der Waals surface area contributed by atoms with Crippen LogP contribution in [0.15, 0.2) is 35.2 Å². The second-order valence-corrected chi connectivity index (χ2v) is 9.20. The zero-order valence-corrected chi connectivity index (χ0v) is 18.2. The summed E-state index contributed by atoms with van der Waals surface area (Å²) in [7, 11) is -0.672. The smallest absolute Gasteiger partial charge is 0.262 e. The van der Waals surface area contributed by atoms with Crippen molar-refractivity contribution in [3.05, 3.63) is 52.0 Å². The number of sulfonamides is 1. The quantitative estimate of drug-likeness (QED) is 0.733. The van der Waals surface area contributed by atoms with E-state index in [1.165, 1.54) is 20.2 Å². The first kappa shape index (κ1) is 22.2. The van der Waals surface area contributed by atoms with Crippen molar-refractivity contribution in [2.45, 2.75) is 32.1 Å². The largest absolute Gasteiger partial charge is 0.484 e. The molecular formula is C20H25ClN2O4S. The maximum atomic E-state index is 12.4. The standard InChI is InChI=1S/C20H25ClN2O4S/c1-6-15-10-16(7-8-18(15)21)27-12-20(24)22-19-11-17(9-13(2)14(19)3)28(25,26)23(4)5/h7-11H,6,12H2,1-5H3,(H,22,24). The molecule has 0 aliphatic carbocycles. The average molecular weight is 425 g/mol. The third-order valence-electron chi connectivity index (χ3n) is 4.46. The Balaban J connectivity index is 2.16. The molecule has 0 atom stereocenters. The molecule has 152 valence electrons. The molecule has 1 amide bonds. The van der Waals surface area contributed by atoms with Crippen LogP contribution in [-0.2, 0) is 21.2 Å². The van der Waals surface area contributed by atoms with Crippen molar-refractivity contribution in [2.75, 3.05) is 26.0 Å². The molecule has 2 rings (SSSR count). The molecule has 0 spiro atoms. The number of ether oxygens (including phenoxy) is 1. The summed E-state index contributed by atoms with van der Waals surface area (Å²) in [4.78, 5) is 12.5. The van der Waals surface area contributed by atoms with Crippen LogP contribution >= 0.6 is 11.6 Å². The van der Waals surface area contributed by atoms with Crippen molar-refractivity contribution in [3.63, 3.8) is 0 Å². The van der Waals surface area contributed by atoms with Crippen LogP contribution in [0.1, 0.15) is 23.6 Å². The van der Waals surface area contributed by atoms with Gasteiger partial charge in [-0.2, -0.15) is 0 Å². The van der Waals surface area contributed by atoms with E-state index in [9.17, 15) is 13.2 Å². The van der Waals surface area contributed by atoms with E-state index < -0.39 is 10.0 Å². The normalized spacial score (nSPS) is 11.5. The molecule has 0 unspecified atom stereocenters. The van der Waals surface area contributed by atoms with Crippen LogP contribution in [0, 0.1) is 13.8 Å². The summed E-state index contributed by atoms with van der Waals surface area (Å²) in [6.45, 7) is 5.41. The van der Waals surface area contributed by atoms with Crippen LogP contribution in [0.3, 0.4) is 0 Å². The molecule has 1 N–H and O–H groups in total. The van der Waals surface area contributed by atoms with Gasteiger partial charge in [0.2, 0.25) is 10.0 Å². The van der Waals surface area contributed by atoms with Crippen LogP contribution in [0.2, 0.25) is 5.02 Å². The highest BCUT2D eigenvalue weighted by molar-refractivity contribution is 7.89. The molecule has 2 aromatic rings. The number of hydrogen-bond donors (Lipinski definition) is 1. The number of carbonyl (C=O) groups excluding carboxylic acids is 1. The lowest BCUT2D eigenvalue weighted by Gasteiger charge is -2.16. The first-order chi connectivity index (χ1) is 13.1. The van der Waals surface area contributed by atoms with E-state index in [1.807, 2.05) is 13.8 Å². The van der Waals surface area contributed by atoms with Gasteiger partial charge in [-0.3, -0.25) is 4.79 Å². The molecule has 0 aliphatic heterocycles. The minimum Gasteiger partial charge on any atom is -0.484 e. The van der Waals surface area contributed by atoms with Crippen molar-refractivity contribution in [1.29, 1.82) is 0 Å². The number of rotatable bonds is 7. The monoisotopic (exact) mass is 424 g/mol. The van der Waals surface area contributed by atoms with Gasteiger partial charge in [-0.05, 0) is 67.3 Å². The number of amides is 1. The molecule has 28 heavy (non-hydrogen) atoms. The summed E-state index contributed by atoms with van der Waals surface area (Å²) in [5.41, 5.74) is 2.95. The Bertz CT molecular complexity index is 988. The van der Waals surface area contributed by atoms with E-state index in [-0.39, 0.29) is 17.4 Å². The van der Waals surface area contributed by atoms with Gasteiger partial charge in [0.25, 0.3) is 5.91 Å². The molecular weight excluding hydrogens is 400 g/mol. The van der Waals surface area contributed by atoms with Crippen LogP contribution in [0.5, 0.6) is 5.75 Å². The first-order valence-electron chi connectivity index (χ1n) is 8.81. The summed E-state index contributed by atoms with van der Waals surface area (Å²) >= 11 is 6.09. The summed E-state index contributed by atoms with van der Waals surface area (Å²) in [5, 5.41) is 3.40. The molecule has 0 saturated heterocycles. The second-order valence-electron chi connectivity index (χ2n) is 6.64. The van der Waals surface area contributed by atoms with E-state index in [0.29, 0.717) is 16.5 Å². The van der Waals surface area contributed by atoms with Gasteiger partial charge in [0, 0.05) is 24.8 Å². The molecule has 2 aromatic carbocycles. The summed E-state index contributed by atoms with van der Waals surface area (Å²) < 4.78 is 31.5. The van der Waals surface area contributed by atoms with Crippen molar-refractivity contribution < 1.29 is 17.9 Å². The number of anilines is 1. The Morgan fingerprint density at radius 2 is 1.86 bits per heavy atom. The van der Waals surface area contributed by atoms with E-state index in [0.717, 1.165) is 27.4 Å². The SMILES string of the molecule is CCc1cc(OCC(=O)Nc2cc(S(=O)(=O)N(C)C)cc(C)c2C)ccc1Cl. The minimum absolute atomic E-state index is 0.127. The van der Waals surface area contributed by atoms with Gasteiger partial charge in [-0.15, -0.1) is 0 Å². The zero-order chi connectivity index (χ0) is 21.1. The number of benzene rings is 2. The number of nitrogens with zero attached hydrogens (tertiary/aromatic N) is 1. The third-order valence-corrected chi connectivity index (χ3v) is 6.62. The zero-order valence-electron chi connectivity index (χ0n) is 16.7. The van der Waals surface area contributed by atoms with Gasteiger partial charge < -0.3 is 10.1 Å². The number of carbonyl (C=O) groups is 1. The summed E-state index contributed by atoms with van der Waals surface area (Å²) in [5.74, 6) is 0.170. The lowest BCUT2D eigenvalue weighted by Crippen LogP contribution is -2.24. The van der Waals surface area contributed by atoms with Crippen molar-refractivity contribution in [3.8, 4) is 5.75 Å². The number of halogens is 1. The molecule has 0 aliphatic rings. The van der Waals surface area contributed by atoms with Gasteiger partial charge >= 0.3 is 0 Å². The lowest BCUT2D eigenvalue weighted by atomic mass is 10.1.